The number of hydrogen-bond donors (Lipinski definition) is 1. The average Bonchev–Trinajstić information content (AvgIpc) is 2.61. The molecule has 1 aromatic carbocycles. The van der Waals surface area contributed by atoms with Crippen LogP contribution >= 0.6 is 0 Å². The molecule has 5 heteroatoms. The molecule has 0 radical (unpaired) electrons. The summed E-state index contributed by atoms with van der Waals surface area (Å²) in [6.07, 6.45) is 4.15. The van der Waals surface area contributed by atoms with Crippen LogP contribution in [-0.4, -0.2) is 24.4 Å². The van der Waals surface area contributed by atoms with Crippen LogP contribution in [0.15, 0.2) is 47.7 Å². The van der Waals surface area contributed by atoms with Gasteiger partial charge in [-0.3, -0.25) is 4.84 Å². The van der Waals surface area contributed by atoms with Crippen LogP contribution in [-0.2, 0) is 20.9 Å². The second-order valence-corrected chi connectivity index (χ2v) is 7.38. The zero-order valence-corrected chi connectivity index (χ0v) is 17.2. The van der Waals surface area contributed by atoms with E-state index in [0.29, 0.717) is 13.2 Å². The quantitative estimate of drug-likeness (QED) is 0.342. The van der Waals surface area contributed by atoms with Crippen molar-refractivity contribution in [3.05, 3.63) is 53.3 Å². The summed E-state index contributed by atoms with van der Waals surface area (Å²) in [5.41, 5.74) is 6.94. The fraction of sp³-hybridized carbons (Fsp3) is 0.545. The van der Waals surface area contributed by atoms with Gasteiger partial charge in [0.2, 0.25) is 0 Å². The van der Waals surface area contributed by atoms with Crippen LogP contribution in [0.1, 0.15) is 59.4 Å². The number of benzene rings is 1. The van der Waals surface area contributed by atoms with Crippen molar-refractivity contribution < 1.29 is 19.1 Å². The summed E-state index contributed by atoms with van der Waals surface area (Å²) in [5, 5.41) is 0. The molecule has 1 N–H and O–H groups in total. The van der Waals surface area contributed by atoms with E-state index in [9.17, 15) is 4.79 Å². The van der Waals surface area contributed by atoms with Crippen LogP contribution in [0, 0.1) is 0 Å². The van der Waals surface area contributed by atoms with Gasteiger partial charge in [0, 0.05) is 5.57 Å². The van der Waals surface area contributed by atoms with Crippen LogP contribution < -0.4 is 5.48 Å². The van der Waals surface area contributed by atoms with Crippen molar-refractivity contribution in [3.8, 4) is 0 Å². The second kappa shape index (κ2) is 12.3. The first kappa shape index (κ1) is 23.0. The van der Waals surface area contributed by atoms with Gasteiger partial charge < -0.3 is 9.47 Å². The van der Waals surface area contributed by atoms with Crippen LogP contribution in [0.3, 0.4) is 0 Å². The van der Waals surface area contributed by atoms with E-state index in [1.165, 1.54) is 0 Å². The second-order valence-electron chi connectivity index (χ2n) is 7.38. The third-order valence-corrected chi connectivity index (χ3v) is 3.58. The smallest absolute Gasteiger partial charge is 0.431 e. The molecule has 0 saturated carbocycles. The molecule has 150 valence electrons. The topological polar surface area (TPSA) is 56.8 Å². The lowest BCUT2D eigenvalue weighted by atomic mass is 10.1. The molecule has 5 nitrogen and oxygen atoms in total. The van der Waals surface area contributed by atoms with Gasteiger partial charge in [-0.15, -0.1) is 5.73 Å². The van der Waals surface area contributed by atoms with Crippen molar-refractivity contribution in [1.82, 2.24) is 5.48 Å². The highest BCUT2D eigenvalue weighted by Crippen LogP contribution is 2.10. The maximum absolute atomic E-state index is 11.8. The predicted molar refractivity (Wildman–Crippen MR) is 107 cm³/mol. The van der Waals surface area contributed by atoms with Crippen molar-refractivity contribution >= 4 is 6.09 Å². The Labute approximate surface area is 163 Å². The molecule has 0 aliphatic heterocycles. The third-order valence-electron chi connectivity index (χ3n) is 3.58. The molecular weight excluding hydrogens is 342 g/mol. The number of nitrogens with one attached hydrogen (secondary N) is 1. The lowest BCUT2D eigenvalue weighted by Crippen LogP contribution is -2.37. The number of hydrogen-bond acceptors (Lipinski definition) is 4. The average molecular weight is 376 g/mol. The molecule has 1 aromatic rings. The van der Waals surface area contributed by atoms with Crippen molar-refractivity contribution in [1.29, 1.82) is 0 Å². The van der Waals surface area contributed by atoms with Gasteiger partial charge >= 0.3 is 6.09 Å². The fourth-order valence-electron chi connectivity index (χ4n) is 2.16. The zero-order valence-electron chi connectivity index (χ0n) is 17.2. The molecule has 0 spiro atoms. The minimum Gasteiger partial charge on any atom is -0.442 e. The maximum Gasteiger partial charge on any atom is 0.431 e. The molecule has 0 aliphatic carbocycles. The minimum absolute atomic E-state index is 0.297. The van der Waals surface area contributed by atoms with Crippen LogP contribution in [0.5, 0.6) is 0 Å². The monoisotopic (exact) mass is 375 g/mol. The molecule has 0 aromatic heterocycles. The summed E-state index contributed by atoms with van der Waals surface area (Å²) in [6.45, 7) is 10.2. The lowest BCUT2D eigenvalue weighted by Gasteiger charge is -2.22. The van der Waals surface area contributed by atoms with E-state index in [-0.39, 0.29) is 0 Å². The van der Waals surface area contributed by atoms with E-state index in [4.69, 9.17) is 14.3 Å². The van der Waals surface area contributed by atoms with E-state index < -0.39 is 17.8 Å². The molecular formula is C22H33NO4. The molecule has 0 fully saturated rings. The summed E-state index contributed by atoms with van der Waals surface area (Å²) in [7, 11) is 0. The van der Waals surface area contributed by atoms with Gasteiger partial charge in [-0.1, -0.05) is 43.7 Å². The van der Waals surface area contributed by atoms with Crippen molar-refractivity contribution in [2.75, 3.05) is 6.61 Å². The number of hydroxylamine groups is 1. The molecule has 1 atom stereocenters. The normalized spacial score (nSPS) is 12.0. The largest absolute Gasteiger partial charge is 0.442 e. The van der Waals surface area contributed by atoms with E-state index in [2.05, 4.69) is 18.1 Å². The Kier molecular flexibility index (Phi) is 10.5. The molecule has 0 saturated heterocycles. The SMILES string of the molecule is CCCCC=C=C(C)[C@@H](COCc1ccccc1)ONC(=O)OC(C)(C)C. The first-order valence-electron chi connectivity index (χ1n) is 9.49. The molecule has 0 heterocycles. The Bertz CT molecular complexity index is 613. The number of carbonyl (C=O) groups is 1. The van der Waals surface area contributed by atoms with Gasteiger partial charge in [0.05, 0.1) is 13.2 Å². The number of ether oxygens (including phenoxy) is 2. The van der Waals surface area contributed by atoms with Crippen LogP contribution in [0.4, 0.5) is 4.79 Å². The molecule has 0 aliphatic rings. The van der Waals surface area contributed by atoms with Crippen molar-refractivity contribution in [2.45, 2.75) is 72.2 Å². The Morgan fingerprint density at radius 1 is 1.26 bits per heavy atom. The maximum atomic E-state index is 11.8. The van der Waals surface area contributed by atoms with Gasteiger partial charge in [0.25, 0.3) is 0 Å². The summed E-state index contributed by atoms with van der Waals surface area (Å²) in [5.74, 6) is 0. The van der Waals surface area contributed by atoms with Gasteiger partial charge in [-0.2, -0.15) is 5.48 Å². The van der Waals surface area contributed by atoms with E-state index in [1.54, 1.807) is 20.8 Å². The number of rotatable bonds is 10. The number of unbranched alkanes of at least 4 members (excludes halogenated alkanes) is 2. The van der Waals surface area contributed by atoms with Crippen molar-refractivity contribution in [2.24, 2.45) is 0 Å². The standard InChI is InChI=1S/C22H33NO4/c1-6-7-8-10-13-18(2)20(27-23-21(24)26-22(3,4)5)17-25-16-19-14-11-9-12-15-19/h9-12,14-15,20H,6-8,16-17H2,1-5H3,(H,23,24)/t13?,20-/m1/s1. The molecule has 1 rings (SSSR count). The molecule has 0 unspecified atom stereocenters. The highest BCUT2D eigenvalue weighted by atomic mass is 16.7. The van der Waals surface area contributed by atoms with Gasteiger partial charge in [-0.05, 0) is 52.2 Å². The molecule has 0 bridgehead atoms. The van der Waals surface area contributed by atoms with E-state index in [1.807, 2.05) is 43.3 Å². The highest BCUT2D eigenvalue weighted by Gasteiger charge is 2.19. The summed E-state index contributed by atoms with van der Waals surface area (Å²) < 4.78 is 11.0. The Morgan fingerprint density at radius 3 is 2.59 bits per heavy atom. The Balaban J connectivity index is 2.64. The lowest BCUT2D eigenvalue weighted by molar-refractivity contribution is -0.0602. The number of carbonyl (C=O) groups excluding carboxylic acids is 1. The predicted octanol–water partition coefficient (Wildman–Crippen LogP) is 5.32. The zero-order chi connectivity index (χ0) is 20.1. The fourth-order valence-corrected chi connectivity index (χ4v) is 2.16. The number of amides is 1. The van der Waals surface area contributed by atoms with Crippen LogP contribution in [0.25, 0.3) is 0 Å². The Hall–Kier alpha value is -2.07. The van der Waals surface area contributed by atoms with Gasteiger partial charge in [0.1, 0.15) is 11.7 Å². The minimum atomic E-state index is -0.627. The van der Waals surface area contributed by atoms with Gasteiger partial charge in [-0.25, -0.2) is 4.79 Å². The molecule has 27 heavy (non-hydrogen) atoms. The van der Waals surface area contributed by atoms with Crippen molar-refractivity contribution in [3.63, 3.8) is 0 Å². The van der Waals surface area contributed by atoms with Gasteiger partial charge in [0.15, 0.2) is 0 Å². The Morgan fingerprint density at radius 2 is 1.96 bits per heavy atom. The molecule has 1 amide bonds. The highest BCUT2D eigenvalue weighted by molar-refractivity contribution is 5.66. The first-order chi connectivity index (χ1) is 12.8. The van der Waals surface area contributed by atoms with E-state index >= 15 is 0 Å². The summed E-state index contributed by atoms with van der Waals surface area (Å²) >= 11 is 0. The van der Waals surface area contributed by atoms with E-state index in [0.717, 1.165) is 30.4 Å². The third kappa shape index (κ3) is 11.3. The van der Waals surface area contributed by atoms with Crippen LogP contribution in [0.2, 0.25) is 0 Å². The first-order valence-corrected chi connectivity index (χ1v) is 9.49. The summed E-state index contributed by atoms with van der Waals surface area (Å²) in [6, 6.07) is 9.91. The summed E-state index contributed by atoms with van der Waals surface area (Å²) in [4.78, 5) is 17.4.